The Balaban J connectivity index is 2.33. The zero-order chi connectivity index (χ0) is 15.8. The Bertz CT molecular complexity index is 689. The Labute approximate surface area is 124 Å². The topological polar surface area (TPSA) is 76.0 Å². The lowest BCUT2D eigenvalue weighted by Crippen LogP contribution is -2.45. The summed E-state index contributed by atoms with van der Waals surface area (Å²) in [5.41, 5.74) is -0.315. The summed E-state index contributed by atoms with van der Waals surface area (Å²) in [5, 5.41) is 0. The average molecular weight is 310 g/mol. The molecule has 0 radical (unpaired) electrons. The van der Waals surface area contributed by atoms with Crippen molar-refractivity contribution >= 4 is 28.0 Å². The molecular weight excluding hydrogens is 292 g/mol. The van der Waals surface area contributed by atoms with Crippen LogP contribution in [0.15, 0.2) is 34.2 Å². The summed E-state index contributed by atoms with van der Waals surface area (Å²) >= 11 is 0. The molecule has 0 saturated carbocycles. The van der Waals surface area contributed by atoms with Crippen LogP contribution in [0.25, 0.3) is 0 Å². The first-order valence-electron chi connectivity index (χ1n) is 6.52. The van der Waals surface area contributed by atoms with E-state index in [1.54, 1.807) is 39.0 Å². The maximum Gasteiger partial charge on any atom is 0.330 e. The van der Waals surface area contributed by atoms with Crippen LogP contribution in [0.5, 0.6) is 0 Å². The smallest absolute Gasteiger partial charge is 0.330 e. The molecular formula is C14H18N2O4S. The molecule has 0 aliphatic carbocycles. The lowest BCUT2D eigenvalue weighted by Gasteiger charge is -2.30. The van der Waals surface area contributed by atoms with Gasteiger partial charge in [0.15, 0.2) is 0 Å². The van der Waals surface area contributed by atoms with Gasteiger partial charge >= 0.3 is 5.97 Å². The van der Waals surface area contributed by atoms with Crippen LogP contribution in [0, 0.1) is 0 Å². The molecule has 0 bridgehead atoms. The van der Waals surface area contributed by atoms with Crippen LogP contribution in [0.4, 0.5) is 5.69 Å². The van der Waals surface area contributed by atoms with Crippen molar-refractivity contribution < 1.29 is 17.9 Å². The van der Waals surface area contributed by atoms with E-state index < -0.39 is 27.6 Å². The Kier molecular flexibility index (Phi) is 3.79. The normalized spacial score (nSPS) is 18.0. The zero-order valence-electron chi connectivity index (χ0n) is 12.4. The van der Waals surface area contributed by atoms with Crippen molar-refractivity contribution in [2.45, 2.75) is 44.2 Å². The number of benzene rings is 1. The molecule has 1 heterocycles. The fourth-order valence-corrected chi connectivity index (χ4v) is 3.41. The van der Waals surface area contributed by atoms with Gasteiger partial charge in [-0.15, -0.1) is 0 Å². The van der Waals surface area contributed by atoms with E-state index in [2.05, 4.69) is 4.99 Å². The minimum atomic E-state index is -3.80. The lowest BCUT2D eigenvalue weighted by atomic mass is 10.2. The van der Waals surface area contributed by atoms with Gasteiger partial charge in [0.2, 0.25) is 0 Å². The highest BCUT2D eigenvalue weighted by atomic mass is 32.2. The maximum absolute atomic E-state index is 12.5. The molecule has 1 atom stereocenters. The summed E-state index contributed by atoms with van der Waals surface area (Å²) in [4.78, 5) is 16.2. The quantitative estimate of drug-likeness (QED) is 0.784. The van der Waals surface area contributed by atoms with Gasteiger partial charge in [-0.3, -0.25) is 0 Å². The molecule has 7 heteroatoms. The maximum atomic E-state index is 12.5. The molecule has 21 heavy (non-hydrogen) atoms. The molecule has 0 saturated heterocycles. The van der Waals surface area contributed by atoms with Crippen molar-refractivity contribution in [3.05, 3.63) is 24.3 Å². The van der Waals surface area contributed by atoms with Gasteiger partial charge in [-0.2, -0.15) is 0 Å². The summed E-state index contributed by atoms with van der Waals surface area (Å²) < 4.78 is 31.2. The highest BCUT2D eigenvalue weighted by Gasteiger charge is 2.36. The number of ether oxygens (including phenoxy) is 1. The number of hydrogen-bond donors (Lipinski definition) is 0. The van der Waals surface area contributed by atoms with Crippen LogP contribution < -0.4 is 0 Å². The fraction of sp³-hybridized carbons (Fsp3) is 0.429. The van der Waals surface area contributed by atoms with E-state index in [0.717, 1.165) is 10.6 Å². The number of esters is 1. The first-order chi connectivity index (χ1) is 9.63. The second kappa shape index (κ2) is 5.14. The molecule has 1 aliphatic heterocycles. The molecule has 2 rings (SSSR count). The Morgan fingerprint density at radius 2 is 1.90 bits per heavy atom. The molecule has 0 fully saturated rings. The summed E-state index contributed by atoms with van der Waals surface area (Å²) in [6.07, 6.45) is 1.16. The predicted molar refractivity (Wildman–Crippen MR) is 78.9 cm³/mol. The number of aliphatic imine (C=N–C) groups is 1. The highest BCUT2D eigenvalue weighted by Crippen LogP contribution is 2.31. The molecule has 0 aromatic heterocycles. The van der Waals surface area contributed by atoms with E-state index in [-0.39, 0.29) is 4.90 Å². The Morgan fingerprint density at radius 3 is 2.52 bits per heavy atom. The molecule has 0 N–H and O–H groups in total. The summed E-state index contributed by atoms with van der Waals surface area (Å²) in [6, 6.07) is 5.42. The molecule has 0 amide bonds. The highest BCUT2D eigenvalue weighted by molar-refractivity contribution is 7.89. The summed E-state index contributed by atoms with van der Waals surface area (Å²) in [5.74, 6) is -0.614. The van der Waals surface area contributed by atoms with E-state index in [0.29, 0.717) is 5.69 Å². The van der Waals surface area contributed by atoms with Crippen LogP contribution in [0.1, 0.15) is 27.7 Å². The lowest BCUT2D eigenvalue weighted by molar-refractivity contribution is -0.158. The number of rotatable bonds is 2. The molecule has 1 aromatic carbocycles. The monoisotopic (exact) mass is 310 g/mol. The Hall–Kier alpha value is -1.89. The van der Waals surface area contributed by atoms with Crippen molar-refractivity contribution in [2.75, 3.05) is 0 Å². The van der Waals surface area contributed by atoms with Crippen molar-refractivity contribution in [3.63, 3.8) is 0 Å². The van der Waals surface area contributed by atoms with Gasteiger partial charge in [0, 0.05) is 0 Å². The van der Waals surface area contributed by atoms with Crippen molar-refractivity contribution in [1.29, 1.82) is 0 Å². The molecule has 1 aliphatic rings. The second-order valence-electron chi connectivity index (χ2n) is 5.76. The third-order valence-electron chi connectivity index (χ3n) is 2.86. The van der Waals surface area contributed by atoms with Crippen LogP contribution in [0.3, 0.4) is 0 Å². The van der Waals surface area contributed by atoms with E-state index in [1.807, 2.05) is 0 Å². The minimum Gasteiger partial charge on any atom is -0.458 e. The summed E-state index contributed by atoms with van der Waals surface area (Å²) in [6.45, 7) is 6.66. The third-order valence-corrected chi connectivity index (χ3v) is 4.73. The number of carbonyl (C=O) groups excluding carboxylic acids is 1. The van der Waals surface area contributed by atoms with E-state index in [9.17, 15) is 13.2 Å². The van der Waals surface area contributed by atoms with Gasteiger partial charge in [0.1, 0.15) is 22.9 Å². The fourth-order valence-electron chi connectivity index (χ4n) is 1.88. The number of para-hydroxylation sites is 1. The molecule has 6 nitrogen and oxygen atoms in total. The molecule has 114 valence electrons. The predicted octanol–water partition coefficient (Wildman–Crippen LogP) is 2.08. The van der Waals surface area contributed by atoms with E-state index in [4.69, 9.17) is 4.74 Å². The zero-order valence-corrected chi connectivity index (χ0v) is 13.2. The van der Waals surface area contributed by atoms with Gasteiger partial charge in [-0.25, -0.2) is 22.5 Å². The first-order valence-corrected chi connectivity index (χ1v) is 7.96. The minimum absolute atomic E-state index is 0.0860. The third kappa shape index (κ3) is 3.07. The number of sulfonamides is 1. The van der Waals surface area contributed by atoms with Crippen molar-refractivity contribution in [1.82, 2.24) is 4.31 Å². The first kappa shape index (κ1) is 15.5. The number of carbonyl (C=O) groups is 1. The van der Waals surface area contributed by atoms with Gasteiger partial charge in [-0.05, 0) is 39.8 Å². The second-order valence-corrected chi connectivity index (χ2v) is 7.57. The number of nitrogens with zero attached hydrogens (tertiary/aromatic N) is 2. The van der Waals surface area contributed by atoms with Crippen molar-refractivity contribution in [3.8, 4) is 0 Å². The van der Waals surface area contributed by atoms with Crippen molar-refractivity contribution in [2.24, 2.45) is 4.99 Å². The van der Waals surface area contributed by atoms with E-state index >= 15 is 0 Å². The van der Waals surface area contributed by atoms with Gasteiger partial charge < -0.3 is 4.74 Å². The average Bonchev–Trinajstić information content (AvgIpc) is 2.36. The van der Waals surface area contributed by atoms with Gasteiger partial charge in [0.05, 0.1) is 5.69 Å². The Morgan fingerprint density at radius 1 is 1.29 bits per heavy atom. The van der Waals surface area contributed by atoms with E-state index in [1.165, 1.54) is 13.0 Å². The van der Waals surface area contributed by atoms with Gasteiger partial charge in [0.25, 0.3) is 10.0 Å². The molecule has 1 unspecified atom stereocenters. The van der Waals surface area contributed by atoms with Crippen LogP contribution >= 0.6 is 0 Å². The van der Waals surface area contributed by atoms with Gasteiger partial charge in [-0.1, -0.05) is 12.1 Å². The summed E-state index contributed by atoms with van der Waals surface area (Å²) in [7, 11) is -3.80. The largest absolute Gasteiger partial charge is 0.458 e. The van der Waals surface area contributed by atoms with Crippen LogP contribution in [-0.4, -0.2) is 36.7 Å². The number of fused-ring (bicyclic) bond motifs is 1. The number of hydrogen-bond acceptors (Lipinski definition) is 5. The molecule has 1 aromatic rings. The SMILES string of the molecule is CC(C(=O)OC(C)(C)C)N1C=Nc2ccccc2S1(=O)=O. The van der Waals surface area contributed by atoms with Crippen LogP contribution in [-0.2, 0) is 19.6 Å². The molecule has 0 spiro atoms. The standard InChI is InChI=1S/C14H18N2O4S/c1-10(13(17)20-14(2,3)4)16-9-15-11-7-5-6-8-12(11)21(16,18)19/h5-10H,1-4H3. The van der Waals surface area contributed by atoms with Crippen LogP contribution in [0.2, 0.25) is 0 Å².